The average Bonchev–Trinajstić information content (AvgIpc) is 1.98. The number of likely N-dealkylation sites (N-methyl/N-ethyl adjacent to an activating group) is 1. The number of nitrogens with zero attached hydrogens (tertiary/aromatic N) is 1. The first kappa shape index (κ1) is 12.7. The molecule has 0 saturated carbocycles. The molecule has 0 bridgehead atoms. The molecule has 1 unspecified atom stereocenters. The van der Waals surface area contributed by atoms with Gasteiger partial charge in [0.1, 0.15) is 0 Å². The summed E-state index contributed by atoms with van der Waals surface area (Å²) in [6.07, 6.45) is 0. The molecule has 0 radical (unpaired) electrons. The van der Waals surface area contributed by atoms with E-state index in [1.165, 1.54) is 5.57 Å². The van der Waals surface area contributed by atoms with Gasteiger partial charge in [-0.1, -0.05) is 32.9 Å². The Kier molecular flexibility index (Phi) is 4.18. The second kappa shape index (κ2) is 4.28. The van der Waals surface area contributed by atoms with Crippen LogP contribution in [0.5, 0.6) is 0 Å². The van der Waals surface area contributed by atoms with Gasteiger partial charge in [-0.15, -0.1) is 0 Å². The minimum absolute atomic E-state index is 0.211. The van der Waals surface area contributed by atoms with Crippen molar-refractivity contribution in [2.24, 2.45) is 5.41 Å². The maximum Gasteiger partial charge on any atom is 0.0281 e. The molecule has 1 heteroatoms. The van der Waals surface area contributed by atoms with Gasteiger partial charge in [0.05, 0.1) is 0 Å². The van der Waals surface area contributed by atoms with Crippen LogP contribution in [0.25, 0.3) is 0 Å². The molecule has 0 aromatic rings. The van der Waals surface area contributed by atoms with E-state index < -0.39 is 0 Å². The van der Waals surface area contributed by atoms with Crippen LogP contribution in [-0.4, -0.2) is 24.0 Å². The SMILES string of the molecule is C=C(C(C)N(C)C(C)C)C(C)(C)C. The Morgan fingerprint density at radius 1 is 1.15 bits per heavy atom. The van der Waals surface area contributed by atoms with Crippen LogP contribution in [0.1, 0.15) is 41.5 Å². The Hall–Kier alpha value is -0.300. The summed E-state index contributed by atoms with van der Waals surface area (Å²) in [6, 6.07) is 1.04. The lowest BCUT2D eigenvalue weighted by atomic mass is 9.83. The first-order chi connectivity index (χ1) is 5.68. The van der Waals surface area contributed by atoms with Gasteiger partial charge >= 0.3 is 0 Å². The third kappa shape index (κ3) is 3.51. The van der Waals surface area contributed by atoms with Gasteiger partial charge in [-0.25, -0.2) is 0 Å². The van der Waals surface area contributed by atoms with Gasteiger partial charge < -0.3 is 0 Å². The Morgan fingerprint density at radius 3 is 1.77 bits per heavy atom. The van der Waals surface area contributed by atoms with Crippen molar-refractivity contribution in [2.45, 2.75) is 53.6 Å². The highest BCUT2D eigenvalue weighted by Crippen LogP contribution is 2.28. The predicted octanol–water partition coefficient (Wildman–Crippen LogP) is 3.32. The second-order valence-corrected chi connectivity index (χ2v) is 5.21. The summed E-state index contributed by atoms with van der Waals surface area (Å²) in [5.41, 5.74) is 1.52. The molecule has 0 aliphatic heterocycles. The minimum atomic E-state index is 0.211. The fourth-order valence-electron chi connectivity index (χ4n) is 1.32. The zero-order chi connectivity index (χ0) is 10.8. The molecule has 0 fully saturated rings. The molecular formula is C12H25N. The zero-order valence-electron chi connectivity index (χ0n) is 10.3. The molecular weight excluding hydrogens is 158 g/mol. The van der Waals surface area contributed by atoms with Crippen LogP contribution in [0, 0.1) is 5.41 Å². The molecule has 0 amide bonds. The van der Waals surface area contributed by atoms with Crippen molar-refractivity contribution in [1.29, 1.82) is 0 Å². The van der Waals surface area contributed by atoms with E-state index in [9.17, 15) is 0 Å². The zero-order valence-corrected chi connectivity index (χ0v) is 10.3. The molecule has 0 rings (SSSR count). The molecule has 0 aliphatic rings. The van der Waals surface area contributed by atoms with Crippen molar-refractivity contribution in [2.75, 3.05) is 7.05 Å². The molecule has 1 atom stereocenters. The highest BCUT2D eigenvalue weighted by atomic mass is 15.1. The van der Waals surface area contributed by atoms with Crippen LogP contribution in [0.2, 0.25) is 0 Å². The molecule has 0 aromatic heterocycles. The average molecular weight is 183 g/mol. The van der Waals surface area contributed by atoms with E-state index in [0.29, 0.717) is 12.1 Å². The van der Waals surface area contributed by atoms with Gasteiger partial charge in [0.25, 0.3) is 0 Å². The minimum Gasteiger partial charge on any atom is -0.298 e. The summed E-state index contributed by atoms with van der Waals surface area (Å²) in [4.78, 5) is 2.35. The fourth-order valence-corrected chi connectivity index (χ4v) is 1.32. The van der Waals surface area contributed by atoms with Gasteiger partial charge in [-0.3, -0.25) is 4.90 Å². The predicted molar refractivity (Wildman–Crippen MR) is 61.0 cm³/mol. The second-order valence-electron chi connectivity index (χ2n) is 5.21. The standard InChI is InChI=1S/C12H25N/c1-9(2)13(8)11(4)10(3)12(5,6)7/h9,11H,3H2,1-2,4-8H3. The normalized spacial score (nSPS) is 15.2. The Labute approximate surface area is 83.8 Å². The largest absolute Gasteiger partial charge is 0.298 e. The van der Waals surface area contributed by atoms with Crippen LogP contribution < -0.4 is 0 Å². The first-order valence-corrected chi connectivity index (χ1v) is 5.09. The summed E-state index contributed by atoms with van der Waals surface area (Å²) in [5.74, 6) is 0. The van der Waals surface area contributed by atoms with Crippen LogP contribution in [0.4, 0.5) is 0 Å². The van der Waals surface area contributed by atoms with E-state index in [0.717, 1.165) is 0 Å². The summed E-state index contributed by atoms with van der Waals surface area (Å²) in [5, 5.41) is 0. The van der Waals surface area contributed by atoms with Gasteiger partial charge in [0.15, 0.2) is 0 Å². The van der Waals surface area contributed by atoms with Crippen LogP contribution in [0.3, 0.4) is 0 Å². The lowest BCUT2D eigenvalue weighted by Gasteiger charge is -2.35. The third-order valence-corrected chi connectivity index (χ3v) is 2.89. The van der Waals surface area contributed by atoms with Gasteiger partial charge in [0.2, 0.25) is 0 Å². The van der Waals surface area contributed by atoms with Crippen molar-refractivity contribution < 1.29 is 0 Å². The van der Waals surface area contributed by atoms with Gasteiger partial charge in [0, 0.05) is 12.1 Å². The Bertz CT molecular complexity index is 174. The Morgan fingerprint density at radius 2 is 1.54 bits per heavy atom. The maximum atomic E-state index is 4.19. The van der Waals surface area contributed by atoms with E-state index in [4.69, 9.17) is 0 Å². The highest BCUT2D eigenvalue weighted by molar-refractivity contribution is 5.12. The molecule has 0 aromatic carbocycles. The van der Waals surface area contributed by atoms with Crippen molar-refractivity contribution in [3.63, 3.8) is 0 Å². The summed E-state index contributed by atoms with van der Waals surface area (Å²) in [6.45, 7) is 17.5. The third-order valence-electron chi connectivity index (χ3n) is 2.89. The molecule has 0 spiro atoms. The topological polar surface area (TPSA) is 3.24 Å². The fraction of sp³-hybridized carbons (Fsp3) is 0.833. The molecule has 0 N–H and O–H groups in total. The van der Waals surface area contributed by atoms with Crippen molar-refractivity contribution >= 4 is 0 Å². The Balaban J connectivity index is 4.44. The van der Waals surface area contributed by atoms with E-state index in [2.05, 4.69) is 60.1 Å². The van der Waals surface area contributed by atoms with Crippen molar-refractivity contribution in [1.82, 2.24) is 4.90 Å². The van der Waals surface area contributed by atoms with E-state index >= 15 is 0 Å². The molecule has 0 aliphatic carbocycles. The molecule has 78 valence electrons. The maximum absolute atomic E-state index is 4.19. The van der Waals surface area contributed by atoms with E-state index in [1.54, 1.807) is 0 Å². The highest BCUT2D eigenvalue weighted by Gasteiger charge is 2.23. The molecule has 0 saturated heterocycles. The summed E-state index contributed by atoms with van der Waals surface area (Å²) < 4.78 is 0. The van der Waals surface area contributed by atoms with Crippen LogP contribution in [0.15, 0.2) is 12.2 Å². The van der Waals surface area contributed by atoms with E-state index in [-0.39, 0.29) is 5.41 Å². The van der Waals surface area contributed by atoms with Crippen molar-refractivity contribution in [3.8, 4) is 0 Å². The number of hydrogen-bond donors (Lipinski definition) is 0. The molecule has 1 nitrogen and oxygen atoms in total. The lowest BCUT2D eigenvalue weighted by Crippen LogP contribution is -2.38. The van der Waals surface area contributed by atoms with Gasteiger partial charge in [-0.2, -0.15) is 0 Å². The lowest BCUT2D eigenvalue weighted by molar-refractivity contribution is 0.213. The molecule has 0 heterocycles. The van der Waals surface area contributed by atoms with Gasteiger partial charge in [-0.05, 0) is 33.2 Å². The smallest absolute Gasteiger partial charge is 0.0281 e. The van der Waals surface area contributed by atoms with Crippen LogP contribution in [-0.2, 0) is 0 Å². The quantitative estimate of drug-likeness (QED) is 0.607. The summed E-state index contributed by atoms with van der Waals surface area (Å²) in [7, 11) is 2.16. The van der Waals surface area contributed by atoms with Crippen LogP contribution >= 0.6 is 0 Å². The summed E-state index contributed by atoms with van der Waals surface area (Å²) >= 11 is 0. The number of hydrogen-bond acceptors (Lipinski definition) is 1. The van der Waals surface area contributed by atoms with Crippen molar-refractivity contribution in [3.05, 3.63) is 12.2 Å². The number of rotatable bonds is 3. The monoisotopic (exact) mass is 183 g/mol. The first-order valence-electron chi connectivity index (χ1n) is 5.09. The van der Waals surface area contributed by atoms with E-state index in [1.807, 2.05) is 0 Å². The molecule has 13 heavy (non-hydrogen) atoms.